The van der Waals surface area contributed by atoms with Crippen LogP contribution in [-0.4, -0.2) is 19.3 Å². The Kier molecular flexibility index (Phi) is 4.99. The molecule has 2 aromatic carbocycles. The van der Waals surface area contributed by atoms with E-state index in [1.54, 1.807) is 31.2 Å². The number of sulfonamides is 1. The highest BCUT2D eigenvalue weighted by Crippen LogP contribution is 2.37. The van der Waals surface area contributed by atoms with Gasteiger partial charge >= 0.3 is 0 Å². The van der Waals surface area contributed by atoms with Gasteiger partial charge in [-0.1, -0.05) is 18.2 Å². The summed E-state index contributed by atoms with van der Waals surface area (Å²) in [7, 11) is -3.65. The Bertz CT molecular complexity index is 1230. The molecule has 0 unspecified atom stereocenters. The van der Waals surface area contributed by atoms with E-state index in [9.17, 15) is 13.2 Å². The zero-order valence-electron chi connectivity index (χ0n) is 15.6. The number of allylic oxidation sites excluding steroid dienone is 1. The number of benzene rings is 2. The van der Waals surface area contributed by atoms with Crippen LogP contribution in [-0.2, 0) is 10.0 Å². The van der Waals surface area contributed by atoms with Gasteiger partial charge in [0, 0.05) is 27.7 Å². The van der Waals surface area contributed by atoms with E-state index in [2.05, 4.69) is 9.71 Å². The first-order valence-corrected chi connectivity index (χ1v) is 10.1. The van der Waals surface area contributed by atoms with Crippen molar-refractivity contribution in [3.05, 3.63) is 64.5 Å². The maximum Gasteiger partial charge on any atom is 0.254 e. The second kappa shape index (κ2) is 7.12. The number of halogens is 1. The van der Waals surface area contributed by atoms with Gasteiger partial charge in [0.25, 0.3) is 15.9 Å². The number of rotatable bonds is 5. The SMILES string of the molecule is CC=CS(=O)(=O)Nc1cccc(-c2c(F)cc(C(N)=O)c3[nH]c(C)c(C)c23)c1. The van der Waals surface area contributed by atoms with E-state index >= 15 is 4.39 Å². The Hall–Kier alpha value is -3.13. The van der Waals surface area contributed by atoms with Crippen molar-refractivity contribution in [2.45, 2.75) is 20.8 Å². The molecule has 0 fully saturated rings. The Labute approximate surface area is 162 Å². The number of nitrogens with two attached hydrogens (primary N) is 1. The van der Waals surface area contributed by atoms with Crippen LogP contribution >= 0.6 is 0 Å². The minimum atomic E-state index is -3.65. The molecule has 1 amide bonds. The molecule has 1 heterocycles. The van der Waals surface area contributed by atoms with E-state index in [1.807, 2.05) is 13.8 Å². The van der Waals surface area contributed by atoms with E-state index in [-0.39, 0.29) is 11.1 Å². The highest BCUT2D eigenvalue weighted by atomic mass is 32.2. The summed E-state index contributed by atoms with van der Waals surface area (Å²) in [4.78, 5) is 14.9. The van der Waals surface area contributed by atoms with Crippen LogP contribution in [0.5, 0.6) is 0 Å². The van der Waals surface area contributed by atoms with Gasteiger partial charge in [0.05, 0.1) is 11.1 Å². The second-order valence-corrected chi connectivity index (χ2v) is 8.03. The summed E-state index contributed by atoms with van der Waals surface area (Å²) in [6, 6.07) is 7.53. The van der Waals surface area contributed by atoms with Gasteiger partial charge in [0.15, 0.2) is 0 Å². The molecule has 0 aliphatic carbocycles. The third kappa shape index (κ3) is 3.50. The predicted molar refractivity (Wildman–Crippen MR) is 109 cm³/mol. The smallest absolute Gasteiger partial charge is 0.254 e. The number of aromatic amines is 1. The molecule has 3 rings (SSSR count). The quantitative estimate of drug-likeness (QED) is 0.602. The van der Waals surface area contributed by atoms with Crippen LogP contribution in [0.4, 0.5) is 10.1 Å². The number of hydrogen-bond acceptors (Lipinski definition) is 3. The number of anilines is 1. The number of hydrogen-bond donors (Lipinski definition) is 3. The molecule has 3 aromatic rings. The summed E-state index contributed by atoms with van der Waals surface area (Å²) < 4.78 is 41.4. The number of aryl methyl sites for hydroxylation is 2. The maximum atomic E-state index is 15.0. The van der Waals surface area contributed by atoms with Crippen LogP contribution in [0.15, 0.2) is 41.8 Å². The number of aromatic nitrogens is 1. The average Bonchev–Trinajstić information content (AvgIpc) is 2.89. The largest absolute Gasteiger partial charge is 0.366 e. The zero-order chi connectivity index (χ0) is 20.6. The molecule has 0 saturated carbocycles. The van der Waals surface area contributed by atoms with Crippen LogP contribution in [0.2, 0.25) is 0 Å². The Morgan fingerprint density at radius 2 is 1.96 bits per heavy atom. The summed E-state index contributed by atoms with van der Waals surface area (Å²) in [6.45, 7) is 5.24. The fraction of sp³-hybridized carbons (Fsp3) is 0.150. The number of primary amides is 1. The van der Waals surface area contributed by atoms with Gasteiger partial charge in [-0.05, 0) is 50.1 Å². The molecule has 146 valence electrons. The molecule has 0 spiro atoms. The highest BCUT2D eigenvalue weighted by Gasteiger charge is 2.21. The normalized spacial score (nSPS) is 12.0. The zero-order valence-corrected chi connectivity index (χ0v) is 16.4. The third-order valence-corrected chi connectivity index (χ3v) is 5.67. The molecule has 1 aromatic heterocycles. The molecule has 6 nitrogen and oxygen atoms in total. The molecule has 8 heteroatoms. The minimum absolute atomic E-state index is 0.0670. The number of H-pyrrole nitrogens is 1. The van der Waals surface area contributed by atoms with Gasteiger partial charge in [-0.3, -0.25) is 9.52 Å². The van der Waals surface area contributed by atoms with E-state index in [1.165, 1.54) is 6.08 Å². The van der Waals surface area contributed by atoms with Gasteiger partial charge in [-0.15, -0.1) is 0 Å². The van der Waals surface area contributed by atoms with Gasteiger partial charge in [-0.25, -0.2) is 12.8 Å². The minimum Gasteiger partial charge on any atom is -0.366 e. The molecule has 28 heavy (non-hydrogen) atoms. The van der Waals surface area contributed by atoms with Crippen molar-refractivity contribution >= 4 is 32.5 Å². The topological polar surface area (TPSA) is 105 Å². The molecule has 0 aliphatic rings. The first-order valence-electron chi connectivity index (χ1n) is 8.51. The lowest BCUT2D eigenvalue weighted by atomic mass is 9.95. The average molecular weight is 401 g/mol. The van der Waals surface area contributed by atoms with Gasteiger partial charge in [0.2, 0.25) is 0 Å². The van der Waals surface area contributed by atoms with E-state index in [4.69, 9.17) is 5.73 Å². The third-order valence-electron chi connectivity index (χ3n) is 4.52. The number of fused-ring (bicyclic) bond motifs is 1. The summed E-state index contributed by atoms with van der Waals surface area (Å²) >= 11 is 0. The monoisotopic (exact) mass is 401 g/mol. The fourth-order valence-electron chi connectivity index (χ4n) is 3.22. The van der Waals surface area contributed by atoms with Crippen LogP contribution < -0.4 is 10.5 Å². The molecule has 0 radical (unpaired) electrons. The fourth-order valence-corrected chi connectivity index (χ4v) is 4.10. The molecule has 0 saturated heterocycles. The molecule has 4 N–H and O–H groups in total. The van der Waals surface area contributed by atoms with E-state index in [0.29, 0.717) is 22.2 Å². The van der Waals surface area contributed by atoms with Crippen molar-refractivity contribution in [1.82, 2.24) is 4.98 Å². The van der Waals surface area contributed by atoms with E-state index in [0.717, 1.165) is 22.7 Å². The molecular formula is C20H20FN3O3S. The first kappa shape index (κ1) is 19.6. The van der Waals surface area contributed by atoms with Gasteiger partial charge in [0.1, 0.15) is 5.82 Å². The van der Waals surface area contributed by atoms with Crippen LogP contribution in [0.1, 0.15) is 28.5 Å². The predicted octanol–water partition coefficient (Wildman–Crippen LogP) is 3.97. The van der Waals surface area contributed by atoms with Crippen molar-refractivity contribution in [3.8, 4) is 11.1 Å². The van der Waals surface area contributed by atoms with Gasteiger partial charge in [-0.2, -0.15) is 0 Å². The van der Waals surface area contributed by atoms with Crippen molar-refractivity contribution in [1.29, 1.82) is 0 Å². The summed E-state index contributed by atoms with van der Waals surface area (Å²) in [5, 5.41) is 1.58. The van der Waals surface area contributed by atoms with Crippen LogP contribution in [0.25, 0.3) is 22.0 Å². The summed E-state index contributed by atoms with van der Waals surface area (Å²) in [5.74, 6) is -1.35. The maximum absolute atomic E-state index is 15.0. The van der Waals surface area contributed by atoms with E-state index < -0.39 is 21.7 Å². The Balaban J connectivity index is 2.25. The second-order valence-electron chi connectivity index (χ2n) is 6.47. The van der Waals surface area contributed by atoms with Crippen molar-refractivity contribution in [2.75, 3.05) is 4.72 Å². The van der Waals surface area contributed by atoms with Crippen molar-refractivity contribution in [3.63, 3.8) is 0 Å². The first-order chi connectivity index (χ1) is 13.1. The summed E-state index contributed by atoms with van der Waals surface area (Å²) in [5.41, 5.74) is 8.55. The lowest BCUT2D eigenvalue weighted by Crippen LogP contribution is -2.12. The lowest BCUT2D eigenvalue weighted by Gasteiger charge is -2.12. The molecule has 0 bridgehead atoms. The number of amides is 1. The Morgan fingerprint density at radius 3 is 2.61 bits per heavy atom. The molecular weight excluding hydrogens is 381 g/mol. The Morgan fingerprint density at radius 1 is 1.25 bits per heavy atom. The van der Waals surface area contributed by atoms with Gasteiger partial charge < -0.3 is 10.7 Å². The van der Waals surface area contributed by atoms with Crippen LogP contribution in [0.3, 0.4) is 0 Å². The standard InChI is InChI=1S/C20H20FN3O3S/c1-4-8-28(26,27)24-14-7-5-6-13(9-14)18-16(21)10-15(20(22)25)19-17(18)11(2)12(3)23-19/h4-10,23-24H,1-3H3,(H2,22,25). The lowest BCUT2D eigenvalue weighted by molar-refractivity contribution is 0.100. The molecule has 0 atom stereocenters. The number of carbonyl (C=O) groups is 1. The van der Waals surface area contributed by atoms with Crippen molar-refractivity contribution in [2.24, 2.45) is 5.73 Å². The summed E-state index contributed by atoms with van der Waals surface area (Å²) in [6.07, 6.45) is 1.41. The number of nitrogens with one attached hydrogen (secondary N) is 2. The molecule has 0 aliphatic heterocycles. The van der Waals surface area contributed by atoms with Crippen LogP contribution in [0, 0.1) is 19.7 Å². The highest BCUT2D eigenvalue weighted by molar-refractivity contribution is 7.95. The van der Waals surface area contributed by atoms with Crippen molar-refractivity contribution < 1.29 is 17.6 Å². The number of carbonyl (C=O) groups excluding carboxylic acids is 1.